The van der Waals surface area contributed by atoms with Gasteiger partial charge in [0.15, 0.2) is 0 Å². The first-order valence-electron chi connectivity index (χ1n) is 6.84. The Kier molecular flexibility index (Phi) is 4.60. The van der Waals surface area contributed by atoms with Gasteiger partial charge in [-0.3, -0.25) is 14.3 Å². The number of hydrogen-bond donors (Lipinski definition) is 1. The van der Waals surface area contributed by atoms with E-state index in [0.29, 0.717) is 12.3 Å². The summed E-state index contributed by atoms with van der Waals surface area (Å²) < 4.78 is 11.3. The number of hydrogen-bond acceptors (Lipinski definition) is 3. The van der Waals surface area contributed by atoms with Crippen molar-refractivity contribution in [3.63, 3.8) is 0 Å². The van der Waals surface area contributed by atoms with Crippen LogP contribution in [0.5, 0.6) is 0 Å². The van der Waals surface area contributed by atoms with E-state index in [1.165, 1.54) is 5.56 Å². The van der Waals surface area contributed by atoms with Crippen LogP contribution >= 0.6 is 0 Å². The van der Waals surface area contributed by atoms with Crippen molar-refractivity contribution < 1.29 is 9.00 Å². The highest BCUT2D eigenvalue weighted by molar-refractivity contribution is 7.84. The first-order chi connectivity index (χ1) is 9.40. The summed E-state index contributed by atoms with van der Waals surface area (Å²) in [4.78, 5) is 14.1. The van der Waals surface area contributed by atoms with Crippen LogP contribution in [0.25, 0.3) is 0 Å². The summed E-state index contributed by atoms with van der Waals surface area (Å²) in [5, 5.41) is 3.34. The van der Waals surface area contributed by atoms with Crippen LogP contribution < -0.4 is 5.32 Å². The maximum atomic E-state index is 12.3. The Morgan fingerprint density at radius 1 is 1.35 bits per heavy atom. The van der Waals surface area contributed by atoms with Crippen LogP contribution in [0.2, 0.25) is 0 Å². The molecule has 1 aromatic rings. The lowest BCUT2D eigenvalue weighted by molar-refractivity contribution is -0.129. The largest absolute Gasteiger partial charge is 0.321 e. The molecule has 4 nitrogen and oxygen atoms in total. The van der Waals surface area contributed by atoms with Crippen molar-refractivity contribution in [1.29, 1.82) is 0 Å². The number of rotatable bonds is 4. The lowest BCUT2D eigenvalue weighted by atomic mass is 10.0. The van der Waals surface area contributed by atoms with Gasteiger partial charge in [0.1, 0.15) is 6.17 Å². The van der Waals surface area contributed by atoms with Gasteiger partial charge in [0.05, 0.1) is 6.04 Å². The molecular formula is C15H22N2O2S. The zero-order valence-electron chi connectivity index (χ0n) is 12.5. The second-order valence-corrected chi connectivity index (χ2v) is 7.01. The van der Waals surface area contributed by atoms with E-state index in [1.54, 1.807) is 6.26 Å². The van der Waals surface area contributed by atoms with Gasteiger partial charge in [-0.15, -0.1) is 0 Å². The average molecular weight is 294 g/mol. The summed E-state index contributed by atoms with van der Waals surface area (Å²) >= 11 is 0. The number of nitrogens with zero attached hydrogens (tertiary/aromatic N) is 1. The molecule has 1 fully saturated rings. The fourth-order valence-electron chi connectivity index (χ4n) is 2.55. The smallest absolute Gasteiger partial charge is 0.241 e. The zero-order chi connectivity index (χ0) is 14.9. The van der Waals surface area contributed by atoms with Gasteiger partial charge < -0.3 is 4.90 Å². The first-order valence-corrected chi connectivity index (χ1v) is 8.56. The molecule has 2 rings (SSSR count). The normalized spacial score (nSPS) is 24.2. The van der Waals surface area contributed by atoms with Crippen molar-refractivity contribution in [2.75, 3.05) is 18.6 Å². The Morgan fingerprint density at radius 3 is 2.70 bits per heavy atom. The Bertz CT molecular complexity index is 545. The number of aryl methyl sites for hydroxylation is 2. The number of nitrogens with one attached hydrogen (secondary N) is 1. The monoisotopic (exact) mass is 294 g/mol. The van der Waals surface area contributed by atoms with Crippen molar-refractivity contribution in [2.24, 2.45) is 0 Å². The van der Waals surface area contributed by atoms with E-state index < -0.39 is 10.8 Å². The van der Waals surface area contributed by atoms with Gasteiger partial charge in [0.25, 0.3) is 0 Å². The standard InChI is InChI=1S/C15H22N2O2S/c1-10-5-6-11(2)13(9-10)14-16-12(3)15(18)17(14)7-8-20(4)19/h5-6,9,12,14,16H,7-8H2,1-4H3. The Morgan fingerprint density at radius 2 is 2.05 bits per heavy atom. The molecule has 0 spiro atoms. The number of amides is 1. The van der Waals surface area contributed by atoms with Crippen LogP contribution in [-0.2, 0) is 15.6 Å². The van der Waals surface area contributed by atoms with Crippen molar-refractivity contribution >= 4 is 16.7 Å². The van der Waals surface area contributed by atoms with E-state index in [9.17, 15) is 9.00 Å². The third-order valence-corrected chi connectivity index (χ3v) is 4.48. The topological polar surface area (TPSA) is 49.4 Å². The molecule has 1 aliphatic rings. The van der Waals surface area contributed by atoms with Crippen molar-refractivity contribution in [3.05, 3.63) is 34.9 Å². The van der Waals surface area contributed by atoms with Crippen molar-refractivity contribution in [2.45, 2.75) is 33.0 Å². The van der Waals surface area contributed by atoms with E-state index >= 15 is 0 Å². The third-order valence-electron chi connectivity index (χ3n) is 3.72. The van der Waals surface area contributed by atoms with E-state index in [2.05, 4.69) is 37.4 Å². The third kappa shape index (κ3) is 3.10. The van der Waals surface area contributed by atoms with E-state index in [1.807, 2.05) is 11.8 Å². The Balaban J connectivity index is 2.30. The highest BCUT2D eigenvalue weighted by atomic mass is 32.2. The molecule has 0 saturated carbocycles. The second-order valence-electron chi connectivity index (χ2n) is 5.46. The summed E-state index contributed by atoms with van der Waals surface area (Å²) in [6, 6.07) is 6.08. The highest BCUT2D eigenvalue weighted by Gasteiger charge is 2.37. The molecule has 3 atom stereocenters. The molecule has 1 aliphatic heterocycles. The fourth-order valence-corrected chi connectivity index (χ4v) is 3.01. The van der Waals surface area contributed by atoms with Crippen LogP contribution in [0.15, 0.2) is 18.2 Å². The molecule has 1 N–H and O–H groups in total. The molecule has 1 saturated heterocycles. The molecule has 0 aromatic heterocycles. The fraction of sp³-hybridized carbons (Fsp3) is 0.533. The molecule has 3 unspecified atom stereocenters. The van der Waals surface area contributed by atoms with E-state index in [4.69, 9.17) is 0 Å². The SMILES string of the molecule is Cc1ccc(C)c(C2NC(C)C(=O)N2CCS(C)=O)c1. The second kappa shape index (κ2) is 6.06. The molecule has 110 valence electrons. The van der Waals surface area contributed by atoms with Crippen LogP contribution in [0.1, 0.15) is 29.8 Å². The predicted molar refractivity (Wildman–Crippen MR) is 81.9 cm³/mol. The average Bonchev–Trinajstić information content (AvgIpc) is 2.66. The minimum Gasteiger partial charge on any atom is -0.321 e. The molecule has 1 amide bonds. The van der Waals surface area contributed by atoms with Gasteiger partial charge in [-0.2, -0.15) is 0 Å². The first kappa shape index (κ1) is 15.2. The van der Waals surface area contributed by atoms with Gasteiger partial charge in [0, 0.05) is 29.4 Å². The summed E-state index contributed by atoms with van der Waals surface area (Å²) in [7, 11) is -0.890. The molecule has 1 heterocycles. The highest BCUT2D eigenvalue weighted by Crippen LogP contribution is 2.28. The van der Waals surface area contributed by atoms with Gasteiger partial charge in [-0.1, -0.05) is 23.8 Å². The summed E-state index contributed by atoms with van der Waals surface area (Å²) in [5.74, 6) is 0.600. The van der Waals surface area contributed by atoms with Crippen LogP contribution in [0.3, 0.4) is 0 Å². The van der Waals surface area contributed by atoms with Crippen LogP contribution in [0.4, 0.5) is 0 Å². The summed E-state index contributed by atoms with van der Waals surface area (Å²) in [5.41, 5.74) is 3.47. The molecule has 0 bridgehead atoms. The van der Waals surface area contributed by atoms with E-state index in [-0.39, 0.29) is 18.1 Å². The number of carbonyl (C=O) groups is 1. The molecule has 5 heteroatoms. The Hall–Kier alpha value is -1.20. The molecule has 1 aromatic carbocycles. The van der Waals surface area contributed by atoms with Gasteiger partial charge in [0.2, 0.25) is 5.91 Å². The minimum absolute atomic E-state index is 0.0846. The van der Waals surface area contributed by atoms with Gasteiger partial charge in [-0.05, 0) is 31.9 Å². The predicted octanol–water partition coefficient (Wildman–Crippen LogP) is 1.50. The van der Waals surface area contributed by atoms with E-state index in [0.717, 1.165) is 11.1 Å². The number of carbonyl (C=O) groups excluding carboxylic acids is 1. The number of benzene rings is 1. The summed E-state index contributed by atoms with van der Waals surface area (Å²) in [6.07, 6.45) is 1.56. The van der Waals surface area contributed by atoms with Gasteiger partial charge in [-0.25, -0.2) is 0 Å². The lowest BCUT2D eigenvalue weighted by Gasteiger charge is -2.25. The maximum absolute atomic E-state index is 12.3. The molecular weight excluding hydrogens is 272 g/mol. The zero-order valence-corrected chi connectivity index (χ0v) is 13.3. The van der Waals surface area contributed by atoms with Gasteiger partial charge >= 0.3 is 0 Å². The van der Waals surface area contributed by atoms with Crippen LogP contribution in [0, 0.1) is 13.8 Å². The Labute approximate surface area is 123 Å². The maximum Gasteiger partial charge on any atom is 0.241 e. The molecule has 20 heavy (non-hydrogen) atoms. The van der Waals surface area contributed by atoms with Crippen molar-refractivity contribution in [3.8, 4) is 0 Å². The lowest BCUT2D eigenvalue weighted by Crippen LogP contribution is -2.34. The van der Waals surface area contributed by atoms with Crippen LogP contribution in [-0.4, -0.2) is 39.6 Å². The molecule has 0 radical (unpaired) electrons. The molecule has 0 aliphatic carbocycles. The van der Waals surface area contributed by atoms with Crippen molar-refractivity contribution in [1.82, 2.24) is 10.2 Å². The minimum atomic E-state index is -0.890. The quantitative estimate of drug-likeness (QED) is 0.915. The summed E-state index contributed by atoms with van der Waals surface area (Å²) in [6.45, 7) is 6.51.